The zero-order valence-electron chi connectivity index (χ0n) is 7.77. The minimum absolute atomic E-state index is 0.734. The monoisotopic (exact) mass is 216 g/mol. The summed E-state index contributed by atoms with van der Waals surface area (Å²) >= 11 is 1.57. The summed E-state index contributed by atoms with van der Waals surface area (Å²) in [5.74, 6) is 0. The summed E-state index contributed by atoms with van der Waals surface area (Å²) in [6, 6.07) is 3.77. The second-order valence-corrected chi connectivity index (χ2v) is 3.94. The van der Waals surface area contributed by atoms with Gasteiger partial charge in [0.1, 0.15) is 5.65 Å². The normalized spacial score (nSPS) is 10.9. The van der Waals surface area contributed by atoms with E-state index in [1.54, 1.807) is 29.1 Å². The number of hydrogen-bond acceptors (Lipinski definition) is 4. The smallest absolute Gasteiger partial charge is 0.139 e. The molecule has 0 saturated carbocycles. The summed E-state index contributed by atoms with van der Waals surface area (Å²) in [4.78, 5) is 11.6. The molecule has 5 heteroatoms. The first-order valence-electron chi connectivity index (χ1n) is 4.46. The molecule has 3 aromatic rings. The molecule has 4 nitrogen and oxygen atoms in total. The number of anilines is 1. The van der Waals surface area contributed by atoms with E-state index in [0.29, 0.717) is 0 Å². The number of H-pyrrole nitrogens is 1. The molecule has 0 bridgehead atoms. The Bertz CT molecular complexity index is 597. The number of nitrogens with zero attached hydrogens (tertiary/aromatic N) is 2. The molecule has 0 spiro atoms. The summed E-state index contributed by atoms with van der Waals surface area (Å²) in [6.45, 7) is 0. The third-order valence-corrected chi connectivity index (χ3v) is 2.86. The maximum absolute atomic E-state index is 5.85. The number of thiazole rings is 1. The lowest BCUT2D eigenvalue weighted by Gasteiger charge is -1.91. The van der Waals surface area contributed by atoms with Crippen molar-refractivity contribution in [2.45, 2.75) is 0 Å². The van der Waals surface area contributed by atoms with Gasteiger partial charge in [-0.25, -0.2) is 9.97 Å². The molecule has 0 atom stereocenters. The standard InChI is InChI=1S/C10H8N4S/c11-7-1-2-12-10-6(7)3-8(14-10)9-4-15-5-13-9/h1-5H,(H3,11,12,14). The predicted molar refractivity (Wildman–Crippen MR) is 61.6 cm³/mol. The van der Waals surface area contributed by atoms with Gasteiger partial charge in [0, 0.05) is 22.7 Å². The second kappa shape index (κ2) is 3.06. The molecule has 0 amide bonds. The van der Waals surface area contributed by atoms with Crippen molar-refractivity contribution < 1.29 is 0 Å². The third kappa shape index (κ3) is 1.28. The molecule has 3 heterocycles. The van der Waals surface area contributed by atoms with E-state index >= 15 is 0 Å². The maximum Gasteiger partial charge on any atom is 0.139 e. The van der Waals surface area contributed by atoms with Crippen LogP contribution in [0.1, 0.15) is 0 Å². The van der Waals surface area contributed by atoms with Crippen LogP contribution in [0.5, 0.6) is 0 Å². The zero-order chi connectivity index (χ0) is 10.3. The molecular formula is C10H8N4S. The van der Waals surface area contributed by atoms with Gasteiger partial charge in [-0.3, -0.25) is 0 Å². The first-order valence-corrected chi connectivity index (χ1v) is 5.40. The lowest BCUT2D eigenvalue weighted by molar-refractivity contribution is 1.30. The molecule has 0 aromatic carbocycles. The van der Waals surface area contributed by atoms with E-state index in [1.165, 1.54) is 0 Å². The third-order valence-electron chi connectivity index (χ3n) is 2.27. The van der Waals surface area contributed by atoms with Crippen LogP contribution in [0.25, 0.3) is 22.4 Å². The highest BCUT2D eigenvalue weighted by Crippen LogP contribution is 2.25. The van der Waals surface area contributed by atoms with Crippen molar-refractivity contribution in [3.05, 3.63) is 29.2 Å². The van der Waals surface area contributed by atoms with Gasteiger partial charge >= 0.3 is 0 Å². The molecule has 0 aliphatic heterocycles. The molecule has 3 rings (SSSR count). The van der Waals surface area contributed by atoms with E-state index in [4.69, 9.17) is 5.73 Å². The maximum atomic E-state index is 5.85. The second-order valence-electron chi connectivity index (χ2n) is 3.22. The highest BCUT2D eigenvalue weighted by Gasteiger charge is 2.07. The van der Waals surface area contributed by atoms with Gasteiger partial charge < -0.3 is 10.7 Å². The van der Waals surface area contributed by atoms with Crippen molar-refractivity contribution in [3.63, 3.8) is 0 Å². The van der Waals surface area contributed by atoms with Crippen LogP contribution in [0.2, 0.25) is 0 Å². The van der Waals surface area contributed by atoms with Crippen LogP contribution in [0.4, 0.5) is 5.69 Å². The zero-order valence-corrected chi connectivity index (χ0v) is 8.58. The summed E-state index contributed by atoms with van der Waals surface area (Å²) < 4.78 is 0. The van der Waals surface area contributed by atoms with Crippen LogP contribution in [-0.2, 0) is 0 Å². The molecule has 15 heavy (non-hydrogen) atoms. The number of nitrogen functional groups attached to an aromatic ring is 1. The largest absolute Gasteiger partial charge is 0.398 e. The van der Waals surface area contributed by atoms with E-state index in [1.807, 2.05) is 11.4 Å². The Hall–Kier alpha value is -1.88. The van der Waals surface area contributed by atoms with Crippen LogP contribution in [0.15, 0.2) is 29.2 Å². The number of hydrogen-bond donors (Lipinski definition) is 2. The minimum Gasteiger partial charge on any atom is -0.398 e. The van der Waals surface area contributed by atoms with Crippen LogP contribution >= 0.6 is 11.3 Å². The van der Waals surface area contributed by atoms with Crippen molar-refractivity contribution in [1.82, 2.24) is 15.0 Å². The van der Waals surface area contributed by atoms with Gasteiger partial charge in [-0.15, -0.1) is 11.3 Å². The average molecular weight is 216 g/mol. The minimum atomic E-state index is 0.734. The number of fused-ring (bicyclic) bond motifs is 1. The van der Waals surface area contributed by atoms with E-state index < -0.39 is 0 Å². The Morgan fingerprint density at radius 3 is 3.00 bits per heavy atom. The van der Waals surface area contributed by atoms with E-state index in [-0.39, 0.29) is 0 Å². The van der Waals surface area contributed by atoms with Crippen molar-refractivity contribution in [1.29, 1.82) is 0 Å². The number of rotatable bonds is 1. The Morgan fingerprint density at radius 1 is 1.33 bits per heavy atom. The van der Waals surface area contributed by atoms with Gasteiger partial charge in [-0.2, -0.15) is 0 Å². The van der Waals surface area contributed by atoms with Gasteiger partial charge in [0.2, 0.25) is 0 Å². The molecule has 0 radical (unpaired) electrons. The average Bonchev–Trinajstić information content (AvgIpc) is 2.86. The molecule has 0 aliphatic rings. The Morgan fingerprint density at radius 2 is 2.27 bits per heavy atom. The van der Waals surface area contributed by atoms with Crippen molar-refractivity contribution in [2.24, 2.45) is 0 Å². The molecule has 0 fully saturated rings. The van der Waals surface area contributed by atoms with Gasteiger partial charge in [-0.1, -0.05) is 0 Å². The van der Waals surface area contributed by atoms with Gasteiger partial charge in [0.15, 0.2) is 0 Å². The van der Waals surface area contributed by atoms with Crippen molar-refractivity contribution >= 4 is 28.1 Å². The topological polar surface area (TPSA) is 67.6 Å². The molecule has 74 valence electrons. The molecule has 0 unspecified atom stereocenters. The predicted octanol–water partition coefficient (Wildman–Crippen LogP) is 2.27. The van der Waals surface area contributed by atoms with E-state index in [9.17, 15) is 0 Å². The summed E-state index contributed by atoms with van der Waals surface area (Å²) in [5, 5.41) is 2.93. The number of aromatic amines is 1. The first-order chi connectivity index (χ1) is 7.34. The van der Waals surface area contributed by atoms with Crippen molar-refractivity contribution in [2.75, 3.05) is 5.73 Å². The molecule has 0 saturated heterocycles. The lowest BCUT2D eigenvalue weighted by Crippen LogP contribution is -1.85. The number of nitrogens with one attached hydrogen (secondary N) is 1. The van der Waals surface area contributed by atoms with Crippen LogP contribution in [-0.4, -0.2) is 15.0 Å². The highest BCUT2D eigenvalue weighted by molar-refractivity contribution is 7.07. The van der Waals surface area contributed by atoms with Crippen LogP contribution in [0.3, 0.4) is 0 Å². The summed E-state index contributed by atoms with van der Waals surface area (Å²) in [7, 11) is 0. The van der Waals surface area contributed by atoms with E-state index in [0.717, 1.165) is 28.1 Å². The highest BCUT2D eigenvalue weighted by atomic mass is 32.1. The molecule has 0 aliphatic carbocycles. The molecule has 3 N–H and O–H groups in total. The number of aromatic nitrogens is 3. The summed E-state index contributed by atoms with van der Waals surface area (Å²) in [5.41, 5.74) is 11.1. The quantitative estimate of drug-likeness (QED) is 0.655. The SMILES string of the molecule is Nc1ccnc2[nH]c(-c3cscn3)cc12. The lowest BCUT2D eigenvalue weighted by atomic mass is 10.2. The number of nitrogens with two attached hydrogens (primary N) is 1. The molecule has 3 aromatic heterocycles. The Labute approximate surface area is 89.8 Å². The summed E-state index contributed by atoms with van der Waals surface area (Å²) in [6.07, 6.45) is 1.69. The Kier molecular flexibility index (Phi) is 1.72. The fourth-order valence-corrected chi connectivity index (χ4v) is 2.08. The fourth-order valence-electron chi connectivity index (χ4n) is 1.53. The van der Waals surface area contributed by atoms with Crippen LogP contribution < -0.4 is 5.73 Å². The van der Waals surface area contributed by atoms with E-state index in [2.05, 4.69) is 15.0 Å². The fraction of sp³-hybridized carbons (Fsp3) is 0. The van der Waals surface area contributed by atoms with Crippen molar-refractivity contribution in [3.8, 4) is 11.4 Å². The Balaban J connectivity index is 2.27. The van der Waals surface area contributed by atoms with Gasteiger partial charge in [-0.05, 0) is 12.1 Å². The van der Waals surface area contributed by atoms with Gasteiger partial charge in [0.25, 0.3) is 0 Å². The van der Waals surface area contributed by atoms with Gasteiger partial charge in [0.05, 0.1) is 16.9 Å². The van der Waals surface area contributed by atoms with Crippen LogP contribution in [0, 0.1) is 0 Å². The number of pyridine rings is 1. The first kappa shape index (κ1) is 8.43. The molecular weight excluding hydrogens is 208 g/mol.